The molecule has 0 fully saturated rings. The Morgan fingerprint density at radius 2 is 0.817 bits per heavy atom. The number of rotatable bonds is 6. The van der Waals surface area contributed by atoms with Gasteiger partial charge in [0.2, 0.25) is 0 Å². The Labute approximate surface area is 348 Å². The number of para-hydroxylation sites is 1. The van der Waals surface area contributed by atoms with Gasteiger partial charge in [0.15, 0.2) is 0 Å². The zero-order chi connectivity index (χ0) is 39.6. The van der Waals surface area contributed by atoms with E-state index in [0.717, 1.165) is 28.3 Å². The van der Waals surface area contributed by atoms with Gasteiger partial charge in [0.05, 0.1) is 16.7 Å². The van der Waals surface area contributed by atoms with Crippen molar-refractivity contribution in [3.05, 3.63) is 231 Å². The van der Waals surface area contributed by atoms with Gasteiger partial charge in [0.1, 0.15) is 0 Å². The van der Waals surface area contributed by atoms with Crippen molar-refractivity contribution < 1.29 is 0 Å². The van der Waals surface area contributed by atoms with E-state index in [2.05, 4.69) is 240 Å². The van der Waals surface area contributed by atoms with Crippen LogP contribution in [0.15, 0.2) is 231 Å². The number of hydrogen-bond donors (Lipinski definition) is 0. The molecule has 0 bridgehead atoms. The predicted octanol–water partition coefficient (Wildman–Crippen LogP) is 16.2. The minimum absolute atomic E-state index is 1.10. The van der Waals surface area contributed by atoms with Crippen LogP contribution in [0.5, 0.6) is 0 Å². The summed E-state index contributed by atoms with van der Waals surface area (Å²) in [7, 11) is 0. The molecule has 0 aliphatic heterocycles. The molecule has 0 aliphatic rings. The Morgan fingerprint density at radius 1 is 0.300 bits per heavy atom. The van der Waals surface area contributed by atoms with Crippen LogP contribution in [-0.4, -0.2) is 4.57 Å². The van der Waals surface area contributed by atoms with E-state index < -0.39 is 0 Å². The minimum atomic E-state index is 1.10. The molecule has 12 aromatic rings. The number of fused-ring (bicyclic) bond motifs is 8. The quantitative estimate of drug-likeness (QED) is 0.153. The molecule has 0 aliphatic carbocycles. The van der Waals surface area contributed by atoms with Gasteiger partial charge in [-0.05, 0) is 120 Å². The van der Waals surface area contributed by atoms with E-state index in [0.29, 0.717) is 0 Å². The zero-order valence-corrected chi connectivity index (χ0v) is 32.8. The van der Waals surface area contributed by atoms with Crippen LogP contribution >= 0.6 is 0 Å². The third-order valence-electron chi connectivity index (χ3n) is 12.3. The van der Waals surface area contributed by atoms with E-state index in [1.165, 1.54) is 81.6 Å². The van der Waals surface area contributed by atoms with Gasteiger partial charge in [-0.25, -0.2) is 0 Å². The lowest BCUT2D eigenvalue weighted by Crippen LogP contribution is -2.10. The van der Waals surface area contributed by atoms with Gasteiger partial charge in [-0.1, -0.05) is 176 Å². The van der Waals surface area contributed by atoms with Crippen LogP contribution in [0.25, 0.3) is 92.8 Å². The predicted molar refractivity (Wildman–Crippen MR) is 256 cm³/mol. The van der Waals surface area contributed by atoms with Crippen LogP contribution in [0, 0.1) is 0 Å². The van der Waals surface area contributed by atoms with Crippen LogP contribution in [0.3, 0.4) is 0 Å². The number of aromatic nitrogens is 1. The highest BCUT2D eigenvalue weighted by Crippen LogP contribution is 2.49. The first-order chi connectivity index (χ1) is 29.8. The summed E-state index contributed by atoms with van der Waals surface area (Å²) in [4.78, 5) is 2.48. The highest BCUT2D eigenvalue weighted by molar-refractivity contribution is 6.23. The first-order valence-electron chi connectivity index (χ1n) is 20.7. The molecule has 0 atom stereocenters. The Hall–Kier alpha value is -7.94. The summed E-state index contributed by atoms with van der Waals surface area (Å²) in [5.74, 6) is 0. The Kier molecular flexibility index (Phi) is 7.89. The average Bonchev–Trinajstić information content (AvgIpc) is 3.66. The van der Waals surface area contributed by atoms with Crippen LogP contribution in [0.2, 0.25) is 0 Å². The van der Waals surface area contributed by atoms with E-state index in [-0.39, 0.29) is 0 Å². The molecule has 0 radical (unpaired) electrons. The van der Waals surface area contributed by atoms with Crippen molar-refractivity contribution in [3.63, 3.8) is 0 Å². The largest absolute Gasteiger partial charge is 0.310 e. The maximum Gasteiger partial charge on any atom is 0.0562 e. The van der Waals surface area contributed by atoms with E-state index in [1.54, 1.807) is 0 Å². The van der Waals surface area contributed by atoms with E-state index in [4.69, 9.17) is 0 Å². The summed E-state index contributed by atoms with van der Waals surface area (Å²) in [6.07, 6.45) is 0. The van der Waals surface area contributed by atoms with Crippen molar-refractivity contribution in [3.8, 4) is 27.9 Å². The van der Waals surface area contributed by atoms with Crippen molar-refractivity contribution in [2.24, 2.45) is 0 Å². The summed E-state index contributed by atoms with van der Waals surface area (Å²) in [6.45, 7) is 0. The topological polar surface area (TPSA) is 8.17 Å². The Balaban J connectivity index is 1.19. The van der Waals surface area contributed by atoms with Crippen LogP contribution in [0.1, 0.15) is 0 Å². The average molecular weight is 763 g/mol. The molecule has 2 heteroatoms. The highest BCUT2D eigenvalue weighted by atomic mass is 15.1. The molecule has 1 aromatic heterocycles. The smallest absolute Gasteiger partial charge is 0.0562 e. The number of hydrogen-bond acceptors (Lipinski definition) is 1. The molecule has 0 N–H and O–H groups in total. The van der Waals surface area contributed by atoms with Gasteiger partial charge in [-0.2, -0.15) is 0 Å². The summed E-state index contributed by atoms with van der Waals surface area (Å²) >= 11 is 0. The number of benzene rings is 11. The molecule has 0 saturated carbocycles. The van der Waals surface area contributed by atoms with E-state index in [9.17, 15) is 0 Å². The second-order valence-corrected chi connectivity index (χ2v) is 15.7. The second kappa shape index (κ2) is 13.9. The number of nitrogens with zero attached hydrogens (tertiary/aromatic N) is 2. The van der Waals surface area contributed by atoms with Crippen molar-refractivity contribution in [1.82, 2.24) is 4.57 Å². The zero-order valence-electron chi connectivity index (χ0n) is 32.8. The Morgan fingerprint density at radius 3 is 1.55 bits per heavy atom. The van der Waals surface area contributed by atoms with Gasteiger partial charge in [0.25, 0.3) is 0 Å². The van der Waals surface area contributed by atoms with Gasteiger partial charge in [-0.15, -0.1) is 0 Å². The standard InChI is InChI=1S/C58H38N2/c1-3-18-41(19-4-1)56-50-25-12-11-24-48(50)49-35-34-47(38-52(49)57(56)42-20-5-2-6-21-42)59(45-32-30-39-16-7-9-22-43(39)36-45)54-28-15-29-55-58(54)51-26-13-14-27-53(51)60(55)46-33-31-40-17-8-10-23-44(40)37-46/h1-38H. The monoisotopic (exact) mass is 762 g/mol. The van der Waals surface area contributed by atoms with Crippen molar-refractivity contribution >= 4 is 82.0 Å². The second-order valence-electron chi connectivity index (χ2n) is 15.7. The molecule has 2 nitrogen and oxygen atoms in total. The van der Waals surface area contributed by atoms with Gasteiger partial charge in [0, 0.05) is 27.8 Å². The van der Waals surface area contributed by atoms with Crippen molar-refractivity contribution in [2.45, 2.75) is 0 Å². The molecule has 0 amide bonds. The SMILES string of the molecule is c1ccc(-c2c(-c3ccccc3)c3cc(N(c4ccc5ccccc5c4)c4cccc5c4c4ccccc4n5-c4ccc5ccccc5c4)ccc3c3ccccc23)cc1. The van der Waals surface area contributed by atoms with E-state index >= 15 is 0 Å². The van der Waals surface area contributed by atoms with E-state index in [1.807, 2.05) is 0 Å². The molecule has 60 heavy (non-hydrogen) atoms. The van der Waals surface area contributed by atoms with Crippen LogP contribution < -0.4 is 4.90 Å². The highest BCUT2D eigenvalue weighted by Gasteiger charge is 2.24. The molecule has 1 heterocycles. The third-order valence-corrected chi connectivity index (χ3v) is 12.3. The van der Waals surface area contributed by atoms with Crippen molar-refractivity contribution in [2.75, 3.05) is 4.90 Å². The first-order valence-corrected chi connectivity index (χ1v) is 20.7. The fraction of sp³-hybridized carbons (Fsp3) is 0. The normalized spacial score (nSPS) is 11.7. The minimum Gasteiger partial charge on any atom is -0.310 e. The lowest BCUT2D eigenvalue weighted by molar-refractivity contribution is 1.18. The summed E-state index contributed by atoms with van der Waals surface area (Å²) in [5.41, 5.74) is 11.7. The summed E-state index contributed by atoms with van der Waals surface area (Å²) in [5, 5.41) is 12.2. The molecule has 0 saturated heterocycles. The first kappa shape index (κ1) is 34.1. The molecule has 280 valence electrons. The molecule has 11 aromatic carbocycles. The van der Waals surface area contributed by atoms with Crippen LogP contribution in [-0.2, 0) is 0 Å². The fourth-order valence-corrected chi connectivity index (χ4v) is 9.65. The summed E-state index contributed by atoms with van der Waals surface area (Å²) in [6, 6.07) is 84.5. The molecule has 0 spiro atoms. The van der Waals surface area contributed by atoms with Crippen LogP contribution in [0.4, 0.5) is 17.1 Å². The number of anilines is 3. The van der Waals surface area contributed by atoms with Gasteiger partial charge < -0.3 is 9.47 Å². The molecule has 12 rings (SSSR count). The van der Waals surface area contributed by atoms with Gasteiger partial charge in [-0.3, -0.25) is 0 Å². The van der Waals surface area contributed by atoms with Crippen molar-refractivity contribution in [1.29, 1.82) is 0 Å². The lowest BCUT2D eigenvalue weighted by Gasteiger charge is -2.28. The molecular weight excluding hydrogens is 725 g/mol. The maximum absolute atomic E-state index is 2.48. The lowest BCUT2D eigenvalue weighted by atomic mass is 9.85. The van der Waals surface area contributed by atoms with Gasteiger partial charge >= 0.3 is 0 Å². The molecule has 0 unspecified atom stereocenters. The third kappa shape index (κ3) is 5.42. The summed E-state index contributed by atoms with van der Waals surface area (Å²) < 4.78 is 2.44. The Bertz CT molecular complexity index is 3600. The molecular formula is C58H38N2. The fourth-order valence-electron chi connectivity index (χ4n) is 9.65. The maximum atomic E-state index is 2.48.